The number of hydrogen-bond acceptors (Lipinski definition) is 3. The van der Waals surface area contributed by atoms with Gasteiger partial charge in [0.25, 0.3) is 5.91 Å². The highest BCUT2D eigenvalue weighted by Crippen LogP contribution is 2.40. The summed E-state index contributed by atoms with van der Waals surface area (Å²) in [7, 11) is 0. The van der Waals surface area contributed by atoms with Crippen molar-refractivity contribution in [2.75, 3.05) is 13.2 Å². The maximum absolute atomic E-state index is 12.3. The van der Waals surface area contributed by atoms with Gasteiger partial charge in [-0.05, 0) is 55.5 Å². The van der Waals surface area contributed by atoms with E-state index in [-0.39, 0.29) is 24.4 Å². The van der Waals surface area contributed by atoms with E-state index in [4.69, 9.17) is 4.74 Å². The van der Waals surface area contributed by atoms with E-state index in [1.807, 2.05) is 37.3 Å². The number of carbonyl (C=O) groups is 2. The summed E-state index contributed by atoms with van der Waals surface area (Å²) in [6.45, 7) is 2.45. The van der Waals surface area contributed by atoms with Gasteiger partial charge in [0.05, 0.1) is 19.2 Å². The third-order valence-corrected chi connectivity index (χ3v) is 4.41. The Morgan fingerprint density at radius 2 is 1.77 bits per heavy atom. The Balaban J connectivity index is 1.52. The molecule has 0 saturated heterocycles. The zero-order valence-electron chi connectivity index (χ0n) is 14.9. The van der Waals surface area contributed by atoms with Crippen molar-refractivity contribution in [3.63, 3.8) is 0 Å². The quantitative estimate of drug-likeness (QED) is 0.767. The molecule has 0 spiro atoms. The van der Waals surface area contributed by atoms with E-state index in [1.165, 1.54) is 0 Å². The van der Waals surface area contributed by atoms with Crippen LogP contribution < -0.4 is 15.4 Å². The largest absolute Gasteiger partial charge is 0.494 e. The van der Waals surface area contributed by atoms with Crippen LogP contribution in [0.1, 0.15) is 41.7 Å². The van der Waals surface area contributed by atoms with Crippen LogP contribution in [0, 0.1) is 5.92 Å². The van der Waals surface area contributed by atoms with Crippen LogP contribution in [0.5, 0.6) is 5.75 Å². The lowest BCUT2D eigenvalue weighted by Gasteiger charge is -2.19. The average Bonchev–Trinajstić information content (AvgIpc) is 3.51. The summed E-state index contributed by atoms with van der Waals surface area (Å²) >= 11 is 0. The first-order valence-corrected chi connectivity index (χ1v) is 9.02. The van der Waals surface area contributed by atoms with Crippen molar-refractivity contribution < 1.29 is 14.3 Å². The summed E-state index contributed by atoms with van der Waals surface area (Å²) in [6, 6.07) is 16.9. The number of ether oxygens (including phenoxy) is 1. The Labute approximate surface area is 153 Å². The van der Waals surface area contributed by atoms with E-state index in [2.05, 4.69) is 10.6 Å². The fourth-order valence-corrected chi connectivity index (χ4v) is 2.92. The average molecular weight is 352 g/mol. The molecule has 3 rings (SSSR count). The van der Waals surface area contributed by atoms with E-state index >= 15 is 0 Å². The summed E-state index contributed by atoms with van der Waals surface area (Å²) < 4.78 is 5.36. The molecule has 0 aliphatic heterocycles. The number of carbonyl (C=O) groups excluding carboxylic acids is 2. The van der Waals surface area contributed by atoms with E-state index in [1.54, 1.807) is 24.3 Å². The third-order valence-electron chi connectivity index (χ3n) is 4.41. The van der Waals surface area contributed by atoms with Crippen molar-refractivity contribution in [3.05, 3.63) is 65.7 Å². The van der Waals surface area contributed by atoms with Crippen LogP contribution in [0.15, 0.2) is 54.6 Å². The molecular formula is C21H24N2O3. The van der Waals surface area contributed by atoms with Gasteiger partial charge in [-0.15, -0.1) is 0 Å². The molecule has 0 bridgehead atoms. The molecule has 0 aromatic heterocycles. The first-order chi connectivity index (χ1) is 12.7. The topological polar surface area (TPSA) is 67.4 Å². The molecule has 0 heterocycles. The molecule has 5 heteroatoms. The lowest BCUT2D eigenvalue weighted by Crippen LogP contribution is -2.39. The third kappa shape index (κ3) is 4.85. The van der Waals surface area contributed by atoms with Crippen LogP contribution in [-0.4, -0.2) is 25.0 Å². The Hall–Kier alpha value is -2.82. The van der Waals surface area contributed by atoms with Gasteiger partial charge in [-0.3, -0.25) is 9.59 Å². The molecular weight excluding hydrogens is 328 g/mol. The highest BCUT2D eigenvalue weighted by Gasteiger charge is 2.33. The Morgan fingerprint density at radius 3 is 2.38 bits per heavy atom. The fraction of sp³-hybridized carbons (Fsp3) is 0.333. The number of amides is 2. The van der Waals surface area contributed by atoms with Crippen LogP contribution in [0.2, 0.25) is 0 Å². The minimum Gasteiger partial charge on any atom is -0.494 e. The van der Waals surface area contributed by atoms with Gasteiger partial charge in [-0.25, -0.2) is 0 Å². The van der Waals surface area contributed by atoms with Crippen LogP contribution in [0.4, 0.5) is 0 Å². The van der Waals surface area contributed by atoms with Crippen molar-refractivity contribution >= 4 is 11.8 Å². The molecule has 2 aromatic rings. The van der Waals surface area contributed by atoms with Gasteiger partial charge >= 0.3 is 0 Å². The van der Waals surface area contributed by atoms with Gasteiger partial charge in [0.15, 0.2) is 0 Å². The second-order valence-electron chi connectivity index (χ2n) is 6.43. The zero-order valence-corrected chi connectivity index (χ0v) is 14.9. The highest BCUT2D eigenvalue weighted by molar-refractivity contribution is 5.96. The normalized spacial score (nSPS) is 14.3. The molecule has 2 aromatic carbocycles. The number of hydrogen-bond donors (Lipinski definition) is 2. The van der Waals surface area contributed by atoms with Gasteiger partial charge < -0.3 is 15.4 Å². The summed E-state index contributed by atoms with van der Waals surface area (Å²) in [5.41, 5.74) is 1.62. The zero-order chi connectivity index (χ0) is 18.4. The molecule has 1 aliphatic rings. The van der Waals surface area contributed by atoms with Crippen molar-refractivity contribution in [1.82, 2.24) is 10.6 Å². The first kappa shape index (κ1) is 18.0. The van der Waals surface area contributed by atoms with E-state index in [9.17, 15) is 9.59 Å². The van der Waals surface area contributed by atoms with Gasteiger partial charge in [0.1, 0.15) is 5.75 Å². The standard InChI is InChI=1S/C21H24N2O3/c1-2-26-18-12-10-17(11-13-18)21(25)22-14-19(24)23-20(16-8-9-16)15-6-4-3-5-7-15/h3-7,10-13,16,20H,2,8-9,14H2,1H3,(H,22,25)(H,23,24). The van der Waals surface area contributed by atoms with Gasteiger partial charge in [-0.1, -0.05) is 30.3 Å². The summed E-state index contributed by atoms with van der Waals surface area (Å²) in [5.74, 6) is 0.760. The molecule has 26 heavy (non-hydrogen) atoms. The SMILES string of the molecule is CCOc1ccc(C(=O)NCC(=O)NC(c2ccccc2)C2CC2)cc1. The maximum Gasteiger partial charge on any atom is 0.251 e. The molecule has 1 aliphatic carbocycles. The lowest BCUT2D eigenvalue weighted by molar-refractivity contribution is -0.121. The Morgan fingerprint density at radius 1 is 1.08 bits per heavy atom. The molecule has 1 fully saturated rings. The Bertz CT molecular complexity index is 740. The van der Waals surface area contributed by atoms with Crippen molar-refractivity contribution in [1.29, 1.82) is 0 Å². The van der Waals surface area contributed by atoms with Crippen LogP contribution in [-0.2, 0) is 4.79 Å². The minimum absolute atomic E-state index is 0.0195. The van der Waals surface area contributed by atoms with Crippen LogP contribution in [0.3, 0.4) is 0 Å². The Kier molecular flexibility index (Phi) is 5.89. The summed E-state index contributed by atoms with van der Waals surface area (Å²) in [4.78, 5) is 24.5. The molecule has 0 radical (unpaired) electrons. The number of benzene rings is 2. The molecule has 1 unspecified atom stereocenters. The van der Waals surface area contributed by atoms with Crippen molar-refractivity contribution in [2.45, 2.75) is 25.8 Å². The molecule has 2 amide bonds. The van der Waals surface area contributed by atoms with E-state index in [0.717, 1.165) is 24.2 Å². The van der Waals surface area contributed by atoms with Crippen molar-refractivity contribution in [3.8, 4) is 5.75 Å². The van der Waals surface area contributed by atoms with Crippen LogP contribution >= 0.6 is 0 Å². The minimum atomic E-state index is -0.272. The molecule has 136 valence electrons. The monoisotopic (exact) mass is 352 g/mol. The smallest absolute Gasteiger partial charge is 0.251 e. The number of rotatable bonds is 8. The number of nitrogens with one attached hydrogen (secondary N) is 2. The second-order valence-corrected chi connectivity index (χ2v) is 6.43. The highest BCUT2D eigenvalue weighted by atomic mass is 16.5. The molecule has 1 saturated carbocycles. The lowest BCUT2D eigenvalue weighted by atomic mass is 10.0. The van der Waals surface area contributed by atoms with E-state index in [0.29, 0.717) is 18.1 Å². The molecule has 1 atom stereocenters. The van der Waals surface area contributed by atoms with Gasteiger partial charge in [0.2, 0.25) is 5.91 Å². The molecule has 2 N–H and O–H groups in total. The van der Waals surface area contributed by atoms with E-state index < -0.39 is 0 Å². The second kappa shape index (κ2) is 8.52. The maximum atomic E-state index is 12.3. The predicted molar refractivity (Wildman–Crippen MR) is 100.0 cm³/mol. The predicted octanol–water partition coefficient (Wildman–Crippen LogP) is 3.08. The first-order valence-electron chi connectivity index (χ1n) is 9.02. The van der Waals surface area contributed by atoms with Crippen molar-refractivity contribution in [2.24, 2.45) is 5.92 Å². The fourth-order valence-electron chi connectivity index (χ4n) is 2.92. The summed E-state index contributed by atoms with van der Waals surface area (Å²) in [6.07, 6.45) is 2.25. The van der Waals surface area contributed by atoms with Gasteiger partial charge in [-0.2, -0.15) is 0 Å². The van der Waals surface area contributed by atoms with Crippen LogP contribution in [0.25, 0.3) is 0 Å². The molecule has 5 nitrogen and oxygen atoms in total. The van der Waals surface area contributed by atoms with Gasteiger partial charge in [0, 0.05) is 5.56 Å². The summed E-state index contributed by atoms with van der Waals surface area (Å²) in [5, 5.41) is 5.73.